The molecule has 2 rings (SSSR count). The fraction of sp³-hybridized carbons (Fsp3) is 1.00. The lowest BCUT2D eigenvalue weighted by Crippen LogP contribution is -2.41. The minimum absolute atomic E-state index is 0.456. The van der Waals surface area contributed by atoms with E-state index >= 15 is 0 Å². The summed E-state index contributed by atoms with van der Waals surface area (Å²) in [5, 5.41) is 0. The standard InChI is InChI=1S/C18H35NO/c1-13(2)17-6-8-19(9-7-17)12-14(3)18-10-15(4)20-16(5)11-18/h13-18H,6-12H2,1-5H3. The van der Waals surface area contributed by atoms with Crippen LogP contribution in [0.4, 0.5) is 0 Å². The van der Waals surface area contributed by atoms with Gasteiger partial charge in [0.1, 0.15) is 0 Å². The molecule has 0 saturated carbocycles. The van der Waals surface area contributed by atoms with Crippen molar-refractivity contribution in [2.24, 2.45) is 23.7 Å². The third kappa shape index (κ3) is 4.46. The molecule has 118 valence electrons. The zero-order chi connectivity index (χ0) is 14.7. The maximum Gasteiger partial charge on any atom is 0.0553 e. The van der Waals surface area contributed by atoms with Crippen LogP contribution in [0.15, 0.2) is 0 Å². The summed E-state index contributed by atoms with van der Waals surface area (Å²) < 4.78 is 5.88. The summed E-state index contributed by atoms with van der Waals surface area (Å²) in [4.78, 5) is 2.72. The third-order valence-corrected chi connectivity index (χ3v) is 5.66. The molecule has 3 atom stereocenters. The number of hydrogen-bond donors (Lipinski definition) is 0. The molecule has 0 aromatic heterocycles. The molecule has 0 bridgehead atoms. The van der Waals surface area contributed by atoms with Crippen molar-refractivity contribution >= 4 is 0 Å². The van der Waals surface area contributed by atoms with E-state index in [1.807, 2.05) is 0 Å². The Balaban J connectivity index is 1.76. The predicted molar refractivity (Wildman–Crippen MR) is 85.9 cm³/mol. The van der Waals surface area contributed by atoms with Gasteiger partial charge in [-0.3, -0.25) is 0 Å². The molecule has 0 aromatic carbocycles. The average Bonchev–Trinajstić information content (AvgIpc) is 2.38. The number of piperidine rings is 1. The van der Waals surface area contributed by atoms with E-state index in [4.69, 9.17) is 4.74 Å². The molecule has 20 heavy (non-hydrogen) atoms. The highest BCUT2D eigenvalue weighted by atomic mass is 16.5. The summed E-state index contributed by atoms with van der Waals surface area (Å²) in [5.41, 5.74) is 0. The van der Waals surface area contributed by atoms with Crippen LogP contribution in [-0.4, -0.2) is 36.7 Å². The largest absolute Gasteiger partial charge is 0.376 e. The summed E-state index contributed by atoms with van der Waals surface area (Å²) in [5.74, 6) is 3.51. The normalized spacial score (nSPS) is 35.4. The van der Waals surface area contributed by atoms with Gasteiger partial charge in [0.05, 0.1) is 12.2 Å². The van der Waals surface area contributed by atoms with Crippen LogP contribution in [0.25, 0.3) is 0 Å². The highest BCUT2D eigenvalue weighted by Crippen LogP contribution is 2.32. The highest BCUT2D eigenvalue weighted by Gasteiger charge is 2.30. The van der Waals surface area contributed by atoms with E-state index in [9.17, 15) is 0 Å². The number of likely N-dealkylation sites (tertiary alicyclic amines) is 1. The first kappa shape index (κ1) is 16.3. The van der Waals surface area contributed by atoms with Crippen molar-refractivity contribution < 1.29 is 4.74 Å². The van der Waals surface area contributed by atoms with Crippen LogP contribution in [0.1, 0.15) is 60.3 Å². The Bertz CT molecular complexity index is 273. The lowest BCUT2D eigenvalue weighted by Gasteiger charge is -2.39. The maximum absolute atomic E-state index is 5.88. The van der Waals surface area contributed by atoms with Crippen LogP contribution in [-0.2, 0) is 4.74 Å². The zero-order valence-electron chi connectivity index (χ0n) is 14.3. The number of rotatable bonds is 4. The summed E-state index contributed by atoms with van der Waals surface area (Å²) in [7, 11) is 0. The van der Waals surface area contributed by atoms with Gasteiger partial charge in [-0.1, -0.05) is 20.8 Å². The first-order valence-electron chi connectivity index (χ1n) is 8.83. The SMILES string of the molecule is CC1CC(C(C)CN2CCC(C(C)C)CC2)CC(C)O1. The van der Waals surface area contributed by atoms with Gasteiger partial charge < -0.3 is 9.64 Å². The Hall–Kier alpha value is -0.0800. The predicted octanol–water partition coefficient (Wildman–Crippen LogP) is 4.19. The smallest absolute Gasteiger partial charge is 0.0553 e. The molecular weight excluding hydrogens is 246 g/mol. The van der Waals surface area contributed by atoms with Crippen LogP contribution in [0.3, 0.4) is 0 Å². The second-order valence-electron chi connectivity index (χ2n) is 7.85. The van der Waals surface area contributed by atoms with Gasteiger partial charge >= 0.3 is 0 Å². The van der Waals surface area contributed by atoms with E-state index in [0.717, 1.165) is 23.7 Å². The van der Waals surface area contributed by atoms with Gasteiger partial charge in [0.15, 0.2) is 0 Å². The molecule has 0 N–H and O–H groups in total. The van der Waals surface area contributed by atoms with Gasteiger partial charge in [-0.15, -0.1) is 0 Å². The molecule has 0 radical (unpaired) electrons. The average molecular weight is 281 g/mol. The lowest BCUT2D eigenvalue weighted by molar-refractivity contribution is -0.0649. The Labute approximate surface area is 126 Å². The van der Waals surface area contributed by atoms with Gasteiger partial charge in [-0.05, 0) is 76.3 Å². The molecule has 0 spiro atoms. The molecule has 0 aromatic rings. The molecule has 2 aliphatic rings. The maximum atomic E-state index is 5.88. The Morgan fingerprint density at radius 1 is 0.950 bits per heavy atom. The molecule has 2 fully saturated rings. The van der Waals surface area contributed by atoms with Gasteiger partial charge in [0.2, 0.25) is 0 Å². The molecule has 0 amide bonds. The van der Waals surface area contributed by atoms with E-state index < -0.39 is 0 Å². The molecule has 2 nitrogen and oxygen atoms in total. The fourth-order valence-electron chi connectivity index (χ4n) is 4.28. The zero-order valence-corrected chi connectivity index (χ0v) is 14.3. The second kappa shape index (κ2) is 7.26. The molecule has 3 unspecified atom stereocenters. The van der Waals surface area contributed by atoms with Crippen molar-refractivity contribution in [1.29, 1.82) is 0 Å². The number of nitrogens with zero attached hydrogens (tertiary/aromatic N) is 1. The first-order valence-corrected chi connectivity index (χ1v) is 8.83. The van der Waals surface area contributed by atoms with Crippen molar-refractivity contribution in [2.45, 2.75) is 72.5 Å². The fourth-order valence-corrected chi connectivity index (χ4v) is 4.28. The number of hydrogen-bond acceptors (Lipinski definition) is 2. The molecule has 2 saturated heterocycles. The molecule has 2 heterocycles. The van der Waals surface area contributed by atoms with E-state index in [1.54, 1.807) is 0 Å². The van der Waals surface area contributed by atoms with Crippen molar-refractivity contribution in [3.05, 3.63) is 0 Å². The summed E-state index contributed by atoms with van der Waals surface area (Å²) in [6.45, 7) is 15.6. The monoisotopic (exact) mass is 281 g/mol. The Morgan fingerprint density at radius 3 is 2.00 bits per heavy atom. The minimum atomic E-state index is 0.456. The Morgan fingerprint density at radius 2 is 1.50 bits per heavy atom. The van der Waals surface area contributed by atoms with Crippen LogP contribution in [0.5, 0.6) is 0 Å². The van der Waals surface area contributed by atoms with Crippen molar-refractivity contribution in [2.75, 3.05) is 19.6 Å². The van der Waals surface area contributed by atoms with Gasteiger partial charge in [0, 0.05) is 6.54 Å². The Kier molecular flexibility index (Phi) is 5.92. The molecule has 2 heteroatoms. The summed E-state index contributed by atoms with van der Waals surface area (Å²) in [6.07, 6.45) is 6.24. The van der Waals surface area contributed by atoms with E-state index in [1.165, 1.54) is 45.3 Å². The quantitative estimate of drug-likeness (QED) is 0.766. The first-order chi connectivity index (χ1) is 9.45. The van der Waals surface area contributed by atoms with Gasteiger partial charge in [0.25, 0.3) is 0 Å². The van der Waals surface area contributed by atoms with Crippen molar-refractivity contribution in [3.63, 3.8) is 0 Å². The van der Waals surface area contributed by atoms with Crippen molar-refractivity contribution in [1.82, 2.24) is 4.90 Å². The number of ether oxygens (including phenoxy) is 1. The topological polar surface area (TPSA) is 12.5 Å². The summed E-state index contributed by atoms with van der Waals surface area (Å²) >= 11 is 0. The third-order valence-electron chi connectivity index (χ3n) is 5.66. The van der Waals surface area contributed by atoms with E-state index in [-0.39, 0.29) is 0 Å². The van der Waals surface area contributed by atoms with E-state index in [0.29, 0.717) is 12.2 Å². The second-order valence-corrected chi connectivity index (χ2v) is 7.85. The van der Waals surface area contributed by atoms with E-state index in [2.05, 4.69) is 39.5 Å². The lowest BCUT2D eigenvalue weighted by atomic mass is 9.81. The minimum Gasteiger partial charge on any atom is -0.376 e. The van der Waals surface area contributed by atoms with Crippen LogP contribution < -0.4 is 0 Å². The van der Waals surface area contributed by atoms with Crippen LogP contribution >= 0.6 is 0 Å². The van der Waals surface area contributed by atoms with Crippen molar-refractivity contribution in [3.8, 4) is 0 Å². The molecule has 0 aliphatic carbocycles. The summed E-state index contributed by atoms with van der Waals surface area (Å²) in [6, 6.07) is 0. The van der Waals surface area contributed by atoms with Crippen LogP contribution in [0, 0.1) is 23.7 Å². The molecule has 2 aliphatic heterocycles. The van der Waals surface area contributed by atoms with Gasteiger partial charge in [-0.25, -0.2) is 0 Å². The molecular formula is C18H35NO. The highest BCUT2D eigenvalue weighted by molar-refractivity contribution is 4.81. The van der Waals surface area contributed by atoms with Gasteiger partial charge in [-0.2, -0.15) is 0 Å². The van der Waals surface area contributed by atoms with Crippen LogP contribution in [0.2, 0.25) is 0 Å².